The molecule has 2 N–H and O–H groups in total. The Kier molecular flexibility index (Phi) is 7.03. The standard InChI is InChI=1S/C23H29F4N6OP/c1-12-10-33(7-6-28-12)17-9-15(22(3,24)25)8-16(31-17)19-18(13(2)23(26,27)35)20(30-11-29-19)32-21(34)14-4-5-14/h8-9,11-14,28H,4-7,10,35H2,1-3H3,(H,29,30,32,34)/t12-,13?/m0/s1. The number of alkyl halides is 4. The van der Waals surface area contributed by atoms with Crippen molar-refractivity contribution in [3.05, 3.63) is 29.6 Å². The van der Waals surface area contributed by atoms with E-state index in [1.165, 1.54) is 28.3 Å². The van der Waals surface area contributed by atoms with Gasteiger partial charge in [0.2, 0.25) is 5.91 Å². The van der Waals surface area contributed by atoms with Gasteiger partial charge in [0, 0.05) is 49.6 Å². The summed E-state index contributed by atoms with van der Waals surface area (Å²) in [5.74, 6) is -4.89. The topological polar surface area (TPSA) is 83.0 Å². The number of nitrogens with zero attached hydrogens (tertiary/aromatic N) is 4. The molecule has 7 nitrogen and oxygen atoms in total. The van der Waals surface area contributed by atoms with E-state index in [1.54, 1.807) is 0 Å². The molecule has 4 rings (SSSR count). The van der Waals surface area contributed by atoms with Crippen molar-refractivity contribution in [1.29, 1.82) is 0 Å². The summed E-state index contributed by atoms with van der Waals surface area (Å²) < 4.78 is 58.0. The molecule has 1 aliphatic carbocycles. The Hall–Kier alpha value is -2.39. The zero-order chi connectivity index (χ0) is 25.5. The highest BCUT2D eigenvalue weighted by molar-refractivity contribution is 7.18. The van der Waals surface area contributed by atoms with Gasteiger partial charge < -0.3 is 15.5 Å². The Morgan fingerprint density at radius 3 is 2.57 bits per heavy atom. The van der Waals surface area contributed by atoms with Crippen LogP contribution in [-0.4, -0.2) is 52.2 Å². The Morgan fingerprint density at radius 2 is 1.97 bits per heavy atom. The molecule has 2 unspecified atom stereocenters. The minimum Gasteiger partial charge on any atom is -0.354 e. The molecule has 0 spiro atoms. The first kappa shape index (κ1) is 25.7. The second-order valence-corrected chi connectivity index (χ2v) is 10.2. The summed E-state index contributed by atoms with van der Waals surface area (Å²) in [4.78, 5) is 27.1. The number of hydrogen-bond acceptors (Lipinski definition) is 6. The Bertz CT molecular complexity index is 1100. The number of hydrogen-bond donors (Lipinski definition) is 2. The van der Waals surface area contributed by atoms with Crippen LogP contribution in [0.1, 0.15) is 50.7 Å². The lowest BCUT2D eigenvalue weighted by Crippen LogP contribution is -2.49. The first-order valence-corrected chi connectivity index (χ1v) is 12.1. The summed E-state index contributed by atoms with van der Waals surface area (Å²) in [7, 11) is 1.49. The van der Waals surface area contributed by atoms with Crippen molar-refractivity contribution in [2.75, 3.05) is 29.9 Å². The lowest BCUT2D eigenvalue weighted by Gasteiger charge is -2.33. The largest absolute Gasteiger partial charge is 0.354 e. The van der Waals surface area contributed by atoms with Crippen molar-refractivity contribution < 1.29 is 22.4 Å². The van der Waals surface area contributed by atoms with Crippen LogP contribution in [0.2, 0.25) is 0 Å². The van der Waals surface area contributed by atoms with E-state index in [-0.39, 0.29) is 46.2 Å². The van der Waals surface area contributed by atoms with Crippen LogP contribution in [0.15, 0.2) is 18.5 Å². The number of carbonyl (C=O) groups is 1. The van der Waals surface area contributed by atoms with E-state index in [0.29, 0.717) is 25.5 Å². The molecule has 1 aliphatic heterocycles. The number of anilines is 2. The van der Waals surface area contributed by atoms with E-state index in [4.69, 9.17) is 0 Å². The highest BCUT2D eigenvalue weighted by Crippen LogP contribution is 2.45. The molecule has 0 bridgehead atoms. The quantitative estimate of drug-likeness (QED) is 0.424. The molecule has 1 saturated heterocycles. The van der Waals surface area contributed by atoms with Gasteiger partial charge in [-0.15, -0.1) is 0 Å². The van der Waals surface area contributed by atoms with E-state index in [2.05, 4.69) is 25.6 Å². The van der Waals surface area contributed by atoms with Crippen LogP contribution in [-0.2, 0) is 10.7 Å². The van der Waals surface area contributed by atoms with Gasteiger partial charge in [-0.2, -0.15) is 0 Å². The molecule has 0 radical (unpaired) electrons. The van der Waals surface area contributed by atoms with E-state index in [1.807, 2.05) is 11.8 Å². The van der Waals surface area contributed by atoms with Crippen LogP contribution in [0.5, 0.6) is 0 Å². The number of halogens is 4. The maximum atomic E-state index is 14.5. The molecular weight excluding hydrogens is 483 g/mol. The summed E-state index contributed by atoms with van der Waals surface area (Å²) in [6.45, 7) is 5.78. The van der Waals surface area contributed by atoms with Gasteiger partial charge in [-0.3, -0.25) is 4.79 Å². The van der Waals surface area contributed by atoms with Crippen LogP contribution >= 0.6 is 9.24 Å². The van der Waals surface area contributed by atoms with Crippen LogP contribution in [0.3, 0.4) is 0 Å². The normalized spacial score (nSPS) is 20.0. The van der Waals surface area contributed by atoms with Crippen LogP contribution in [0.4, 0.5) is 29.2 Å². The van der Waals surface area contributed by atoms with E-state index in [9.17, 15) is 22.4 Å². The molecular formula is C23H29F4N6OP. The smallest absolute Gasteiger partial charge is 0.270 e. The molecule has 2 aliphatic rings. The third kappa shape index (κ3) is 5.89. The van der Waals surface area contributed by atoms with E-state index in [0.717, 1.165) is 26.1 Å². The maximum Gasteiger partial charge on any atom is 0.270 e. The predicted octanol–water partition coefficient (Wildman–Crippen LogP) is 4.37. The fraction of sp³-hybridized carbons (Fsp3) is 0.565. The van der Waals surface area contributed by atoms with Crippen molar-refractivity contribution in [2.45, 2.75) is 57.2 Å². The number of carbonyl (C=O) groups excluding carboxylic acids is 1. The summed E-state index contributed by atoms with van der Waals surface area (Å²) in [6.07, 6.45) is 2.56. The summed E-state index contributed by atoms with van der Waals surface area (Å²) >= 11 is 0. The van der Waals surface area contributed by atoms with Crippen LogP contribution in [0, 0.1) is 5.92 Å². The second kappa shape index (κ2) is 9.58. The summed E-state index contributed by atoms with van der Waals surface area (Å²) in [5.41, 5.74) is -3.63. The SMILES string of the molecule is CC(c1c(NC(=O)C2CC2)ncnc1-c1cc(C(C)(F)F)cc(N2CCN[C@@H](C)C2)n1)C(F)(F)P. The van der Waals surface area contributed by atoms with Gasteiger partial charge in [0.25, 0.3) is 11.6 Å². The second-order valence-electron chi connectivity index (χ2n) is 9.43. The van der Waals surface area contributed by atoms with E-state index < -0.39 is 17.5 Å². The van der Waals surface area contributed by atoms with Crippen molar-refractivity contribution in [3.8, 4) is 11.4 Å². The predicted molar refractivity (Wildman–Crippen MR) is 129 cm³/mol. The minimum absolute atomic E-state index is 0.0174. The third-order valence-corrected chi connectivity index (χ3v) is 6.84. The molecule has 3 atom stereocenters. The molecule has 1 amide bonds. The number of pyridine rings is 1. The van der Waals surface area contributed by atoms with Gasteiger partial charge in [0.1, 0.15) is 18.0 Å². The first-order valence-electron chi connectivity index (χ1n) is 11.6. The number of piperazine rings is 1. The van der Waals surface area contributed by atoms with Crippen molar-refractivity contribution >= 4 is 26.8 Å². The van der Waals surface area contributed by atoms with Gasteiger partial charge >= 0.3 is 0 Å². The van der Waals surface area contributed by atoms with Gasteiger partial charge in [0.05, 0.1) is 17.3 Å². The van der Waals surface area contributed by atoms with Crippen LogP contribution < -0.4 is 15.5 Å². The van der Waals surface area contributed by atoms with Crippen LogP contribution in [0.25, 0.3) is 11.4 Å². The number of aromatic nitrogens is 3. The molecule has 2 fully saturated rings. The highest BCUT2D eigenvalue weighted by atomic mass is 31.0. The molecule has 2 aromatic heterocycles. The summed E-state index contributed by atoms with van der Waals surface area (Å²) in [5, 5.41) is 5.93. The van der Waals surface area contributed by atoms with Gasteiger partial charge in [-0.1, -0.05) is 16.2 Å². The average Bonchev–Trinajstić information content (AvgIpc) is 3.62. The molecule has 12 heteroatoms. The number of rotatable bonds is 7. The van der Waals surface area contributed by atoms with Gasteiger partial charge in [-0.05, 0) is 31.9 Å². The molecule has 1 saturated carbocycles. The molecule has 2 aromatic rings. The Morgan fingerprint density at radius 1 is 1.26 bits per heavy atom. The lowest BCUT2D eigenvalue weighted by atomic mass is 9.96. The van der Waals surface area contributed by atoms with Crippen molar-refractivity contribution in [3.63, 3.8) is 0 Å². The first-order chi connectivity index (χ1) is 16.3. The van der Waals surface area contributed by atoms with Crippen molar-refractivity contribution in [2.24, 2.45) is 5.92 Å². The third-order valence-electron chi connectivity index (χ3n) is 6.34. The fourth-order valence-electron chi connectivity index (χ4n) is 4.06. The monoisotopic (exact) mass is 512 g/mol. The zero-order valence-corrected chi connectivity index (χ0v) is 20.9. The minimum atomic E-state index is -3.28. The zero-order valence-electron chi connectivity index (χ0n) is 19.8. The lowest BCUT2D eigenvalue weighted by molar-refractivity contribution is -0.117. The summed E-state index contributed by atoms with van der Waals surface area (Å²) in [6, 6.07) is 2.61. The fourth-order valence-corrected chi connectivity index (χ4v) is 4.23. The highest BCUT2D eigenvalue weighted by Gasteiger charge is 2.38. The van der Waals surface area contributed by atoms with E-state index >= 15 is 0 Å². The van der Waals surface area contributed by atoms with Crippen molar-refractivity contribution in [1.82, 2.24) is 20.3 Å². The maximum absolute atomic E-state index is 14.5. The Balaban J connectivity index is 1.87. The molecule has 35 heavy (non-hydrogen) atoms. The molecule has 190 valence electrons. The average molecular weight is 512 g/mol. The molecule has 3 heterocycles. The van der Waals surface area contributed by atoms with Gasteiger partial charge in [0.15, 0.2) is 0 Å². The molecule has 0 aromatic carbocycles. The van der Waals surface area contributed by atoms with Gasteiger partial charge in [-0.25, -0.2) is 32.5 Å². The Labute approximate surface area is 203 Å². The number of amides is 1. The number of nitrogens with one attached hydrogen (secondary N) is 2.